The molecule has 0 saturated heterocycles. The van der Waals surface area contributed by atoms with E-state index in [1.807, 2.05) is 121 Å². The van der Waals surface area contributed by atoms with E-state index in [0.717, 1.165) is 51.3 Å². The lowest BCUT2D eigenvalue weighted by Crippen LogP contribution is -2.11. The fourth-order valence-corrected chi connectivity index (χ4v) is 4.57. The Hall–Kier alpha value is -4.87. The Morgan fingerprint density at radius 1 is 0.535 bits per heavy atom. The third-order valence-electron chi connectivity index (χ3n) is 6.84. The van der Waals surface area contributed by atoms with Crippen molar-refractivity contribution < 1.29 is 23.7 Å². The zero-order chi connectivity index (χ0) is 29.7. The maximum atomic E-state index is 13.2. The number of carbonyl (C=O) groups is 1. The molecule has 0 atom stereocenters. The van der Waals surface area contributed by atoms with E-state index in [4.69, 9.17) is 18.9 Å². The van der Waals surface area contributed by atoms with Gasteiger partial charge in [0, 0.05) is 0 Å². The van der Waals surface area contributed by atoms with E-state index in [-0.39, 0.29) is 6.61 Å². The number of benzene rings is 5. The van der Waals surface area contributed by atoms with Crippen LogP contribution < -0.4 is 9.47 Å². The van der Waals surface area contributed by atoms with Crippen LogP contribution in [0.25, 0.3) is 22.3 Å². The Morgan fingerprint density at radius 3 is 1.63 bits per heavy atom. The summed E-state index contributed by atoms with van der Waals surface area (Å²) in [5, 5.41) is 0. The molecular weight excluding hydrogens is 536 g/mol. The van der Waals surface area contributed by atoms with Gasteiger partial charge in [-0.1, -0.05) is 91.9 Å². The van der Waals surface area contributed by atoms with Crippen LogP contribution in [0.4, 0.5) is 0 Å². The molecule has 43 heavy (non-hydrogen) atoms. The third kappa shape index (κ3) is 8.81. The number of esters is 1. The van der Waals surface area contributed by atoms with E-state index in [2.05, 4.69) is 13.0 Å². The van der Waals surface area contributed by atoms with Crippen LogP contribution >= 0.6 is 0 Å². The molecule has 5 aromatic carbocycles. The Kier molecular flexibility index (Phi) is 10.6. The summed E-state index contributed by atoms with van der Waals surface area (Å²) in [6.45, 7) is 4.21. The highest BCUT2D eigenvalue weighted by molar-refractivity contribution is 5.93. The van der Waals surface area contributed by atoms with Crippen molar-refractivity contribution in [2.75, 3.05) is 19.8 Å². The smallest absolute Gasteiger partial charge is 0.338 e. The van der Waals surface area contributed by atoms with Crippen LogP contribution in [0.1, 0.15) is 34.8 Å². The molecule has 0 fully saturated rings. The first-order chi connectivity index (χ1) is 21.2. The zero-order valence-electron chi connectivity index (χ0n) is 24.4. The molecular formula is C38H36O5. The largest absolute Gasteiger partial charge is 0.494 e. The first kappa shape index (κ1) is 29.6. The topological polar surface area (TPSA) is 54.0 Å². The molecule has 0 amide bonds. The second-order valence-electron chi connectivity index (χ2n) is 10.1. The van der Waals surface area contributed by atoms with Crippen molar-refractivity contribution in [2.45, 2.75) is 26.6 Å². The van der Waals surface area contributed by atoms with Crippen molar-refractivity contribution in [3.63, 3.8) is 0 Å². The van der Waals surface area contributed by atoms with Gasteiger partial charge in [0.1, 0.15) is 24.7 Å². The lowest BCUT2D eigenvalue weighted by atomic mass is 9.96. The molecule has 0 saturated carbocycles. The molecule has 0 heterocycles. The van der Waals surface area contributed by atoms with Crippen LogP contribution in [0.15, 0.2) is 127 Å². The number of carbonyl (C=O) groups excluding carboxylic acids is 1. The van der Waals surface area contributed by atoms with Crippen LogP contribution in [0, 0.1) is 0 Å². The van der Waals surface area contributed by atoms with E-state index >= 15 is 0 Å². The van der Waals surface area contributed by atoms with Crippen LogP contribution in [-0.4, -0.2) is 25.8 Å². The Morgan fingerprint density at radius 2 is 1.07 bits per heavy atom. The van der Waals surface area contributed by atoms with Gasteiger partial charge in [-0.25, -0.2) is 4.79 Å². The summed E-state index contributed by atoms with van der Waals surface area (Å²) in [5.41, 5.74) is 6.44. The van der Waals surface area contributed by atoms with Gasteiger partial charge in [-0.2, -0.15) is 0 Å². The number of rotatable bonds is 14. The van der Waals surface area contributed by atoms with Gasteiger partial charge in [0.25, 0.3) is 0 Å². The molecule has 0 radical (unpaired) electrons. The number of ether oxygens (including phenoxy) is 4. The molecule has 5 heteroatoms. The highest BCUT2D eigenvalue weighted by atomic mass is 16.6. The summed E-state index contributed by atoms with van der Waals surface area (Å²) in [5.74, 6) is 1.21. The SMILES string of the molecule is CCCOc1ccc(-c2cc(C(=O)OCCOCc3ccccc3)cc(-c3ccc(OCc4ccccc4)cc3)c2)cc1. The average Bonchev–Trinajstić information content (AvgIpc) is 3.07. The van der Waals surface area contributed by atoms with Crippen molar-refractivity contribution in [2.24, 2.45) is 0 Å². The summed E-state index contributed by atoms with van der Waals surface area (Å²) < 4.78 is 23.0. The molecule has 5 nitrogen and oxygen atoms in total. The predicted octanol–water partition coefficient (Wildman–Crippen LogP) is 8.76. The average molecular weight is 573 g/mol. The highest BCUT2D eigenvalue weighted by Crippen LogP contribution is 2.31. The predicted molar refractivity (Wildman–Crippen MR) is 170 cm³/mol. The van der Waals surface area contributed by atoms with Gasteiger partial charge in [-0.05, 0) is 82.3 Å². The third-order valence-corrected chi connectivity index (χ3v) is 6.84. The van der Waals surface area contributed by atoms with Gasteiger partial charge >= 0.3 is 5.97 Å². The van der Waals surface area contributed by atoms with E-state index < -0.39 is 5.97 Å². The van der Waals surface area contributed by atoms with Gasteiger partial charge in [0.05, 0.1) is 25.4 Å². The van der Waals surface area contributed by atoms with Crippen LogP contribution in [-0.2, 0) is 22.7 Å². The quantitative estimate of drug-likeness (QED) is 0.0984. The van der Waals surface area contributed by atoms with E-state index in [9.17, 15) is 4.79 Å². The maximum Gasteiger partial charge on any atom is 0.338 e. The molecule has 5 aromatic rings. The van der Waals surface area contributed by atoms with Gasteiger partial charge in [0.2, 0.25) is 0 Å². The molecule has 5 rings (SSSR count). The monoisotopic (exact) mass is 572 g/mol. The molecule has 218 valence electrons. The zero-order valence-corrected chi connectivity index (χ0v) is 24.4. The van der Waals surface area contributed by atoms with Crippen molar-refractivity contribution in [3.8, 4) is 33.8 Å². The molecule has 0 aliphatic rings. The van der Waals surface area contributed by atoms with Crippen molar-refractivity contribution >= 4 is 5.97 Å². The number of hydrogen-bond donors (Lipinski definition) is 0. The normalized spacial score (nSPS) is 10.7. The lowest BCUT2D eigenvalue weighted by Gasteiger charge is -2.13. The molecule has 0 unspecified atom stereocenters. The van der Waals surface area contributed by atoms with Crippen molar-refractivity contribution in [1.82, 2.24) is 0 Å². The molecule has 0 aromatic heterocycles. The first-order valence-electron chi connectivity index (χ1n) is 14.6. The molecule has 0 N–H and O–H groups in total. The summed E-state index contributed by atoms with van der Waals surface area (Å²) in [6, 6.07) is 41.7. The number of hydrogen-bond acceptors (Lipinski definition) is 5. The molecule has 0 aliphatic heterocycles. The van der Waals surface area contributed by atoms with Crippen LogP contribution in [0.3, 0.4) is 0 Å². The Labute approximate surface area is 253 Å². The lowest BCUT2D eigenvalue weighted by molar-refractivity contribution is 0.0288. The van der Waals surface area contributed by atoms with E-state index in [1.165, 1.54) is 0 Å². The summed E-state index contributed by atoms with van der Waals surface area (Å²) in [7, 11) is 0. The van der Waals surface area contributed by atoms with Gasteiger partial charge < -0.3 is 18.9 Å². The summed E-state index contributed by atoms with van der Waals surface area (Å²) in [6.07, 6.45) is 0.947. The first-order valence-corrected chi connectivity index (χ1v) is 14.6. The molecule has 0 spiro atoms. The second-order valence-corrected chi connectivity index (χ2v) is 10.1. The highest BCUT2D eigenvalue weighted by Gasteiger charge is 2.13. The fraction of sp³-hybridized carbons (Fsp3) is 0.184. The summed E-state index contributed by atoms with van der Waals surface area (Å²) in [4.78, 5) is 13.2. The molecule has 0 bridgehead atoms. The van der Waals surface area contributed by atoms with E-state index in [0.29, 0.717) is 32.0 Å². The van der Waals surface area contributed by atoms with Crippen molar-refractivity contribution in [1.29, 1.82) is 0 Å². The Balaban J connectivity index is 1.31. The second kappa shape index (κ2) is 15.4. The minimum absolute atomic E-state index is 0.169. The van der Waals surface area contributed by atoms with Gasteiger partial charge in [-0.3, -0.25) is 0 Å². The maximum absolute atomic E-state index is 13.2. The molecule has 0 aliphatic carbocycles. The fourth-order valence-electron chi connectivity index (χ4n) is 4.57. The van der Waals surface area contributed by atoms with Crippen LogP contribution in [0.5, 0.6) is 11.5 Å². The van der Waals surface area contributed by atoms with Crippen LogP contribution in [0.2, 0.25) is 0 Å². The van der Waals surface area contributed by atoms with Gasteiger partial charge in [0.15, 0.2) is 0 Å². The minimum Gasteiger partial charge on any atom is -0.494 e. The van der Waals surface area contributed by atoms with Crippen molar-refractivity contribution in [3.05, 3.63) is 144 Å². The van der Waals surface area contributed by atoms with E-state index in [1.54, 1.807) is 0 Å². The standard InChI is InChI=1S/C38H36O5/c1-2-21-41-36-17-13-31(14-18-36)33-24-34(32-15-19-37(20-16-32)43-28-30-11-7-4-8-12-30)26-35(25-33)38(39)42-23-22-40-27-29-9-5-3-6-10-29/h3-20,24-26H,2,21-23,27-28H2,1H3. The summed E-state index contributed by atoms with van der Waals surface area (Å²) >= 11 is 0. The van der Waals surface area contributed by atoms with Gasteiger partial charge in [-0.15, -0.1) is 0 Å². The minimum atomic E-state index is -0.392. The Bertz CT molecular complexity index is 1560.